The van der Waals surface area contributed by atoms with Gasteiger partial charge in [-0.15, -0.1) is 0 Å². The smallest absolute Gasteiger partial charge is 0.155 e. The molecule has 2 nitrogen and oxygen atoms in total. The maximum atomic E-state index is 12.0. The molecule has 0 spiro atoms. The molecule has 0 saturated heterocycles. The van der Waals surface area contributed by atoms with Crippen molar-refractivity contribution in [3.8, 4) is 11.8 Å². The minimum Gasteiger partial charge on any atom is -0.377 e. The van der Waals surface area contributed by atoms with Crippen LogP contribution in [0, 0.1) is 40.4 Å². The predicted octanol–water partition coefficient (Wildman–Crippen LogP) is 5.30. The molecule has 1 aromatic rings. The van der Waals surface area contributed by atoms with Gasteiger partial charge in [0.15, 0.2) is 5.78 Å². The summed E-state index contributed by atoms with van der Waals surface area (Å²) in [7, 11) is 0. The first-order valence-corrected chi connectivity index (χ1v) is 11.4. The summed E-state index contributed by atoms with van der Waals surface area (Å²) in [6.07, 6.45) is 9.97. The highest BCUT2D eigenvalue weighted by molar-refractivity contribution is 5.91. The third-order valence-electron chi connectivity index (χ3n) is 9.30. The Kier molecular flexibility index (Phi) is 4.34. The van der Waals surface area contributed by atoms with Gasteiger partial charge in [0.05, 0.1) is 0 Å². The highest BCUT2D eigenvalue weighted by Crippen LogP contribution is 2.67. The first-order valence-electron chi connectivity index (χ1n) is 11.4. The van der Waals surface area contributed by atoms with Gasteiger partial charge in [-0.1, -0.05) is 49.5 Å². The van der Waals surface area contributed by atoms with E-state index in [4.69, 9.17) is 0 Å². The van der Waals surface area contributed by atoms with E-state index >= 15 is 0 Å². The summed E-state index contributed by atoms with van der Waals surface area (Å²) >= 11 is 0. The van der Waals surface area contributed by atoms with Crippen LogP contribution in [-0.2, 0) is 4.79 Å². The predicted molar refractivity (Wildman–Crippen MR) is 115 cm³/mol. The molecule has 29 heavy (non-hydrogen) atoms. The van der Waals surface area contributed by atoms with Gasteiger partial charge >= 0.3 is 0 Å². The van der Waals surface area contributed by atoms with Crippen molar-refractivity contribution in [2.75, 3.05) is 0 Å². The molecule has 3 saturated carbocycles. The van der Waals surface area contributed by atoms with Gasteiger partial charge in [0.1, 0.15) is 5.60 Å². The monoisotopic (exact) mass is 388 g/mol. The van der Waals surface area contributed by atoms with E-state index in [0.717, 1.165) is 44.1 Å². The second-order valence-electron chi connectivity index (χ2n) is 10.4. The fourth-order valence-electron chi connectivity index (χ4n) is 7.48. The molecule has 0 unspecified atom stereocenters. The van der Waals surface area contributed by atoms with Gasteiger partial charge in [-0.05, 0) is 86.3 Å². The second-order valence-corrected chi connectivity index (χ2v) is 10.4. The topological polar surface area (TPSA) is 37.3 Å². The second kappa shape index (κ2) is 6.58. The number of aliphatic hydroxyl groups is 1. The van der Waals surface area contributed by atoms with Crippen LogP contribution in [0.3, 0.4) is 0 Å². The van der Waals surface area contributed by atoms with Crippen molar-refractivity contribution in [2.24, 2.45) is 28.6 Å². The largest absolute Gasteiger partial charge is 0.377 e. The Labute approximate surface area is 174 Å². The maximum Gasteiger partial charge on any atom is 0.155 e. The van der Waals surface area contributed by atoms with Gasteiger partial charge in [-0.25, -0.2) is 0 Å². The van der Waals surface area contributed by atoms with Crippen molar-refractivity contribution in [2.45, 2.75) is 70.8 Å². The van der Waals surface area contributed by atoms with Crippen LogP contribution in [0.5, 0.6) is 0 Å². The molecule has 4 aliphatic carbocycles. The van der Waals surface area contributed by atoms with Crippen molar-refractivity contribution in [3.05, 3.63) is 47.5 Å². The number of allylic oxidation sites excluding steroid dienone is 1. The molecule has 0 radical (unpaired) electrons. The van der Waals surface area contributed by atoms with Gasteiger partial charge in [0.2, 0.25) is 0 Å². The van der Waals surface area contributed by atoms with Crippen LogP contribution in [0.1, 0.15) is 70.8 Å². The van der Waals surface area contributed by atoms with Gasteiger partial charge < -0.3 is 5.11 Å². The normalized spacial score (nSPS) is 43.3. The van der Waals surface area contributed by atoms with Crippen molar-refractivity contribution in [1.29, 1.82) is 0 Å². The molecular weight excluding hydrogens is 356 g/mol. The van der Waals surface area contributed by atoms with Gasteiger partial charge in [0, 0.05) is 17.4 Å². The van der Waals surface area contributed by atoms with E-state index < -0.39 is 5.60 Å². The maximum absolute atomic E-state index is 12.0. The SMILES string of the molecule is C[C@@]12CCC(=O)C=C1CC[C@H]1[C@H]2CC[C@]2(C)[C@@H]1CC[C@@]2(O)C#Cc1ccccc1. The Balaban J connectivity index is 1.45. The molecule has 6 atom stereocenters. The zero-order chi connectivity index (χ0) is 20.3. The van der Waals surface area contributed by atoms with Crippen molar-refractivity contribution in [3.63, 3.8) is 0 Å². The number of hydrogen-bond donors (Lipinski definition) is 1. The van der Waals surface area contributed by atoms with Crippen LogP contribution < -0.4 is 0 Å². The molecule has 3 fully saturated rings. The molecule has 2 heteroatoms. The lowest BCUT2D eigenvalue weighted by atomic mass is 9.46. The van der Waals surface area contributed by atoms with E-state index in [1.54, 1.807) is 0 Å². The van der Waals surface area contributed by atoms with Crippen molar-refractivity contribution in [1.82, 2.24) is 0 Å². The summed E-state index contributed by atoms with van der Waals surface area (Å²) in [5, 5.41) is 11.7. The Morgan fingerprint density at radius 3 is 2.52 bits per heavy atom. The lowest BCUT2D eigenvalue weighted by Crippen LogP contribution is -2.54. The minimum absolute atomic E-state index is 0.127. The molecule has 0 heterocycles. The lowest BCUT2D eigenvalue weighted by Gasteiger charge is -2.58. The van der Waals surface area contributed by atoms with Crippen LogP contribution in [0.2, 0.25) is 0 Å². The van der Waals surface area contributed by atoms with Crippen LogP contribution in [-0.4, -0.2) is 16.5 Å². The lowest BCUT2D eigenvalue weighted by molar-refractivity contribution is -0.119. The highest BCUT2D eigenvalue weighted by atomic mass is 16.3. The molecule has 0 amide bonds. The summed E-state index contributed by atoms with van der Waals surface area (Å²) in [4.78, 5) is 12.0. The zero-order valence-electron chi connectivity index (χ0n) is 17.7. The van der Waals surface area contributed by atoms with E-state index in [9.17, 15) is 9.90 Å². The molecule has 0 aliphatic heterocycles. The van der Waals surface area contributed by atoms with Crippen LogP contribution in [0.15, 0.2) is 42.0 Å². The van der Waals surface area contributed by atoms with Gasteiger partial charge in [0.25, 0.3) is 0 Å². The highest BCUT2D eigenvalue weighted by Gasteiger charge is 2.63. The molecular formula is C27H32O2. The van der Waals surface area contributed by atoms with E-state index in [1.807, 2.05) is 36.4 Å². The summed E-state index contributed by atoms with van der Waals surface area (Å²) in [5.74, 6) is 8.76. The third-order valence-corrected chi connectivity index (χ3v) is 9.30. The molecule has 1 aromatic carbocycles. The first kappa shape index (κ1) is 19.1. The summed E-state index contributed by atoms with van der Waals surface area (Å²) in [6, 6.07) is 10.0. The number of fused-ring (bicyclic) bond motifs is 5. The van der Waals surface area contributed by atoms with Crippen LogP contribution in [0.25, 0.3) is 0 Å². The van der Waals surface area contributed by atoms with Crippen LogP contribution >= 0.6 is 0 Å². The molecule has 5 rings (SSSR count). The minimum atomic E-state index is -0.891. The number of carbonyl (C=O) groups excluding carboxylic acids is 1. The van der Waals surface area contributed by atoms with Gasteiger partial charge in [-0.3, -0.25) is 4.79 Å². The van der Waals surface area contributed by atoms with E-state index in [-0.39, 0.29) is 10.8 Å². The molecule has 0 bridgehead atoms. The third kappa shape index (κ3) is 2.77. The summed E-state index contributed by atoms with van der Waals surface area (Å²) < 4.78 is 0. The van der Waals surface area contributed by atoms with E-state index in [2.05, 4.69) is 25.7 Å². The summed E-state index contributed by atoms with van der Waals surface area (Å²) in [5.41, 5.74) is 1.56. The zero-order valence-corrected chi connectivity index (χ0v) is 17.7. The van der Waals surface area contributed by atoms with Crippen molar-refractivity contribution >= 4 is 5.78 Å². The molecule has 4 aliphatic rings. The number of benzene rings is 1. The molecule has 1 N–H and O–H groups in total. The first-order chi connectivity index (χ1) is 13.9. The Morgan fingerprint density at radius 1 is 0.966 bits per heavy atom. The Hall–Kier alpha value is -1.85. The molecule has 152 valence electrons. The Morgan fingerprint density at radius 2 is 1.72 bits per heavy atom. The average Bonchev–Trinajstić information content (AvgIpc) is 2.99. The quantitative estimate of drug-likeness (QED) is 0.612. The average molecular weight is 389 g/mol. The van der Waals surface area contributed by atoms with Crippen LogP contribution in [0.4, 0.5) is 0 Å². The Bertz CT molecular complexity index is 919. The molecule has 0 aromatic heterocycles. The van der Waals surface area contributed by atoms with Gasteiger partial charge in [-0.2, -0.15) is 0 Å². The van der Waals surface area contributed by atoms with E-state index in [0.29, 0.717) is 30.0 Å². The van der Waals surface area contributed by atoms with E-state index in [1.165, 1.54) is 12.0 Å². The number of rotatable bonds is 0. The fourth-order valence-corrected chi connectivity index (χ4v) is 7.48. The number of carbonyl (C=O) groups is 1. The van der Waals surface area contributed by atoms with Crippen molar-refractivity contribution < 1.29 is 9.90 Å². The standard InChI is InChI=1S/C27H32O2/c1-25-14-11-21(28)18-20(25)8-9-22-23(25)12-15-26(2)24(22)13-17-27(26,29)16-10-19-6-4-3-5-7-19/h3-7,18,22-24,29H,8-9,11-15,17H2,1-2H3/t22-,23+,24+,25+,26+,27-/m0/s1. The number of ketones is 1. The number of hydrogen-bond acceptors (Lipinski definition) is 2. The fraction of sp³-hybridized carbons (Fsp3) is 0.593. The summed E-state index contributed by atoms with van der Waals surface area (Å²) in [6.45, 7) is 4.72.